The van der Waals surface area contributed by atoms with Crippen molar-refractivity contribution in [3.8, 4) is 0 Å². The molecule has 1 heterocycles. The first-order valence-electron chi connectivity index (χ1n) is 5.47. The molecule has 0 aliphatic heterocycles. The molecular formula is C12H17NO4. The van der Waals surface area contributed by atoms with Gasteiger partial charge in [0.2, 0.25) is 0 Å². The summed E-state index contributed by atoms with van der Waals surface area (Å²) in [4.78, 5) is 22.4. The second-order valence-corrected chi connectivity index (χ2v) is 4.31. The summed E-state index contributed by atoms with van der Waals surface area (Å²) in [6.07, 6.45) is 0. The van der Waals surface area contributed by atoms with Crippen LogP contribution in [-0.2, 0) is 4.79 Å². The molecule has 0 spiro atoms. The van der Waals surface area contributed by atoms with Gasteiger partial charge < -0.3 is 14.8 Å². The molecule has 5 nitrogen and oxygen atoms in total. The maximum atomic E-state index is 11.8. The van der Waals surface area contributed by atoms with Crippen molar-refractivity contribution in [2.24, 2.45) is 0 Å². The standard InChI is InChI=1S/C12H17NO4/c1-6(2)10-5-9(8(4)17-10)11(14)13-7(3)12(15)16/h5-7H,1-4H3,(H,13,14)(H,15,16)/t7-/m1/s1. The fraction of sp³-hybridized carbons (Fsp3) is 0.500. The van der Waals surface area contributed by atoms with Gasteiger partial charge in [-0.3, -0.25) is 9.59 Å². The molecule has 0 aromatic carbocycles. The van der Waals surface area contributed by atoms with Crippen LogP contribution in [0.3, 0.4) is 0 Å². The van der Waals surface area contributed by atoms with E-state index in [1.807, 2.05) is 13.8 Å². The van der Waals surface area contributed by atoms with E-state index in [1.165, 1.54) is 6.92 Å². The Morgan fingerprint density at radius 1 is 1.35 bits per heavy atom. The molecule has 0 aliphatic carbocycles. The number of hydrogen-bond donors (Lipinski definition) is 2. The summed E-state index contributed by atoms with van der Waals surface area (Å²) in [6, 6.07) is 0.739. The second kappa shape index (κ2) is 5.03. The first-order valence-corrected chi connectivity index (χ1v) is 5.47. The number of aryl methyl sites for hydroxylation is 1. The fourth-order valence-electron chi connectivity index (χ4n) is 1.35. The monoisotopic (exact) mass is 239 g/mol. The predicted octanol–water partition coefficient (Wildman–Crippen LogP) is 1.91. The van der Waals surface area contributed by atoms with Crippen LogP contribution >= 0.6 is 0 Å². The molecule has 94 valence electrons. The van der Waals surface area contributed by atoms with E-state index in [0.29, 0.717) is 11.3 Å². The van der Waals surface area contributed by atoms with Gasteiger partial charge in [-0.25, -0.2) is 0 Å². The molecule has 0 bridgehead atoms. The van der Waals surface area contributed by atoms with Crippen molar-refractivity contribution in [2.75, 3.05) is 0 Å². The molecule has 0 radical (unpaired) electrons. The summed E-state index contributed by atoms with van der Waals surface area (Å²) in [5.41, 5.74) is 0.391. The topological polar surface area (TPSA) is 79.5 Å². The number of carboxylic acid groups (broad SMARTS) is 1. The highest BCUT2D eigenvalue weighted by Crippen LogP contribution is 2.21. The Morgan fingerprint density at radius 2 is 1.94 bits per heavy atom. The highest BCUT2D eigenvalue weighted by atomic mass is 16.4. The Labute approximate surface area is 99.8 Å². The van der Waals surface area contributed by atoms with Crippen LogP contribution in [0, 0.1) is 6.92 Å². The Balaban J connectivity index is 2.86. The van der Waals surface area contributed by atoms with E-state index in [0.717, 1.165) is 5.76 Å². The molecule has 5 heteroatoms. The van der Waals surface area contributed by atoms with E-state index in [4.69, 9.17) is 9.52 Å². The summed E-state index contributed by atoms with van der Waals surface area (Å²) in [5, 5.41) is 11.1. The Hall–Kier alpha value is -1.78. The molecule has 1 aromatic rings. The summed E-state index contributed by atoms with van der Waals surface area (Å²) < 4.78 is 5.43. The maximum Gasteiger partial charge on any atom is 0.325 e. The van der Waals surface area contributed by atoms with Crippen LogP contribution in [-0.4, -0.2) is 23.0 Å². The maximum absolute atomic E-state index is 11.8. The summed E-state index contributed by atoms with van der Waals surface area (Å²) in [6.45, 7) is 7.02. The number of hydrogen-bond acceptors (Lipinski definition) is 3. The second-order valence-electron chi connectivity index (χ2n) is 4.31. The van der Waals surface area contributed by atoms with Crippen LogP contribution in [0.25, 0.3) is 0 Å². The van der Waals surface area contributed by atoms with Gasteiger partial charge in [0.1, 0.15) is 17.6 Å². The van der Waals surface area contributed by atoms with Gasteiger partial charge in [0.25, 0.3) is 5.91 Å². The molecule has 1 amide bonds. The molecular weight excluding hydrogens is 222 g/mol. The lowest BCUT2D eigenvalue weighted by atomic mass is 10.1. The average molecular weight is 239 g/mol. The number of furan rings is 1. The minimum atomic E-state index is -1.07. The Morgan fingerprint density at radius 3 is 2.35 bits per heavy atom. The van der Waals surface area contributed by atoms with Gasteiger partial charge in [-0.2, -0.15) is 0 Å². The van der Waals surface area contributed by atoms with Crippen LogP contribution in [0.15, 0.2) is 10.5 Å². The lowest BCUT2D eigenvalue weighted by Crippen LogP contribution is -2.38. The number of carbonyl (C=O) groups excluding carboxylic acids is 1. The van der Waals surface area contributed by atoms with Gasteiger partial charge in [-0.15, -0.1) is 0 Å². The van der Waals surface area contributed by atoms with Crippen molar-refractivity contribution >= 4 is 11.9 Å². The average Bonchev–Trinajstić information content (AvgIpc) is 2.60. The van der Waals surface area contributed by atoms with Crippen LogP contribution < -0.4 is 5.32 Å². The molecule has 1 aromatic heterocycles. The van der Waals surface area contributed by atoms with Crippen molar-refractivity contribution in [2.45, 2.75) is 39.7 Å². The van der Waals surface area contributed by atoms with E-state index in [9.17, 15) is 9.59 Å². The minimum absolute atomic E-state index is 0.187. The zero-order valence-corrected chi connectivity index (χ0v) is 10.4. The number of carboxylic acids is 1. The predicted molar refractivity (Wildman–Crippen MR) is 62.1 cm³/mol. The van der Waals surface area contributed by atoms with Gasteiger partial charge in [-0.1, -0.05) is 13.8 Å². The Bertz CT molecular complexity index is 434. The lowest BCUT2D eigenvalue weighted by molar-refractivity contribution is -0.138. The van der Waals surface area contributed by atoms with Crippen LogP contribution in [0.5, 0.6) is 0 Å². The molecule has 1 atom stereocenters. The molecule has 1 rings (SSSR count). The van der Waals surface area contributed by atoms with Crippen LogP contribution in [0.4, 0.5) is 0 Å². The van der Waals surface area contributed by atoms with Gasteiger partial charge in [-0.05, 0) is 19.9 Å². The van der Waals surface area contributed by atoms with Crippen molar-refractivity contribution < 1.29 is 19.1 Å². The van der Waals surface area contributed by atoms with Gasteiger partial charge in [0, 0.05) is 5.92 Å². The smallest absolute Gasteiger partial charge is 0.325 e. The largest absolute Gasteiger partial charge is 0.480 e. The number of carbonyl (C=O) groups is 2. The van der Waals surface area contributed by atoms with E-state index < -0.39 is 17.9 Å². The number of rotatable bonds is 4. The molecule has 17 heavy (non-hydrogen) atoms. The van der Waals surface area contributed by atoms with Gasteiger partial charge in [0.15, 0.2) is 0 Å². The van der Waals surface area contributed by atoms with E-state index in [1.54, 1.807) is 13.0 Å². The summed E-state index contributed by atoms with van der Waals surface area (Å²) >= 11 is 0. The highest BCUT2D eigenvalue weighted by molar-refractivity contribution is 5.97. The van der Waals surface area contributed by atoms with E-state index >= 15 is 0 Å². The van der Waals surface area contributed by atoms with Crippen LogP contribution in [0.2, 0.25) is 0 Å². The number of aliphatic carboxylic acids is 1. The van der Waals surface area contributed by atoms with Crippen LogP contribution in [0.1, 0.15) is 48.6 Å². The summed E-state index contributed by atoms with van der Waals surface area (Å²) in [7, 11) is 0. The van der Waals surface area contributed by atoms with Crippen molar-refractivity contribution in [3.63, 3.8) is 0 Å². The molecule has 0 saturated carbocycles. The quantitative estimate of drug-likeness (QED) is 0.841. The Kier molecular flexibility index (Phi) is 3.93. The van der Waals surface area contributed by atoms with E-state index in [-0.39, 0.29) is 5.92 Å². The zero-order valence-electron chi connectivity index (χ0n) is 10.4. The van der Waals surface area contributed by atoms with Crippen molar-refractivity contribution in [3.05, 3.63) is 23.2 Å². The van der Waals surface area contributed by atoms with Gasteiger partial charge >= 0.3 is 5.97 Å². The van der Waals surface area contributed by atoms with Crippen molar-refractivity contribution in [1.82, 2.24) is 5.32 Å². The first kappa shape index (κ1) is 13.3. The highest BCUT2D eigenvalue weighted by Gasteiger charge is 2.20. The molecule has 0 unspecified atom stereocenters. The normalized spacial score (nSPS) is 12.5. The third-order valence-corrected chi connectivity index (χ3v) is 2.47. The third-order valence-electron chi connectivity index (χ3n) is 2.47. The van der Waals surface area contributed by atoms with Crippen molar-refractivity contribution in [1.29, 1.82) is 0 Å². The first-order chi connectivity index (χ1) is 7.82. The fourth-order valence-corrected chi connectivity index (χ4v) is 1.35. The number of nitrogens with one attached hydrogen (secondary N) is 1. The molecule has 0 fully saturated rings. The minimum Gasteiger partial charge on any atom is -0.480 e. The SMILES string of the molecule is Cc1oc(C(C)C)cc1C(=O)N[C@H](C)C(=O)O. The van der Waals surface area contributed by atoms with Gasteiger partial charge in [0.05, 0.1) is 5.56 Å². The lowest BCUT2D eigenvalue weighted by Gasteiger charge is -2.07. The molecule has 0 aliphatic rings. The number of amides is 1. The zero-order chi connectivity index (χ0) is 13.2. The molecule has 0 saturated heterocycles. The molecule has 2 N–H and O–H groups in total. The van der Waals surface area contributed by atoms with E-state index in [2.05, 4.69) is 5.32 Å². The summed E-state index contributed by atoms with van der Waals surface area (Å²) in [5.74, 6) is -0.0804. The third kappa shape index (κ3) is 3.09.